The van der Waals surface area contributed by atoms with E-state index >= 15 is 0 Å². The number of ether oxygens (including phenoxy) is 1. The Kier molecular flexibility index (Phi) is 5.68. The molecule has 1 saturated heterocycles. The Balaban J connectivity index is 1.50. The van der Waals surface area contributed by atoms with Gasteiger partial charge in [0.1, 0.15) is 5.75 Å². The third-order valence-electron chi connectivity index (χ3n) is 5.90. The molecule has 0 bridgehead atoms. The lowest BCUT2D eigenvalue weighted by Gasteiger charge is -2.33. The van der Waals surface area contributed by atoms with Gasteiger partial charge in [0.05, 0.1) is 19.3 Å². The molecule has 0 aromatic heterocycles. The standard InChI is InChI=1S/C25H22ClN3O3S/c1-32-20-9-4-6-17(14-20)16-28-22-11-3-2-10-21(22)25(23(28)30)29(12-13-33-25)24(31)27-19-8-5-7-18(26)15-19/h2-11,14-15H,12-13,16H2,1H3,(H,27,31). The van der Waals surface area contributed by atoms with Crippen molar-refractivity contribution in [2.75, 3.05) is 29.6 Å². The van der Waals surface area contributed by atoms with Crippen molar-refractivity contribution < 1.29 is 14.3 Å². The van der Waals surface area contributed by atoms with Gasteiger partial charge in [-0.15, -0.1) is 11.8 Å². The molecule has 168 valence electrons. The Bertz CT molecular complexity index is 1240. The molecule has 8 heteroatoms. The zero-order valence-corrected chi connectivity index (χ0v) is 19.5. The van der Waals surface area contributed by atoms with E-state index in [4.69, 9.17) is 16.3 Å². The number of para-hydroxylation sites is 1. The first kappa shape index (κ1) is 21.7. The number of nitrogens with one attached hydrogen (secondary N) is 1. The zero-order chi connectivity index (χ0) is 23.0. The number of methoxy groups -OCH3 is 1. The number of thioether (sulfide) groups is 1. The molecule has 1 fully saturated rings. The maximum Gasteiger partial charge on any atom is 0.323 e. The minimum atomic E-state index is -1.10. The Labute approximate surface area is 201 Å². The molecule has 0 aliphatic carbocycles. The summed E-state index contributed by atoms with van der Waals surface area (Å²) in [6.07, 6.45) is 0. The Morgan fingerprint density at radius 1 is 1.12 bits per heavy atom. The summed E-state index contributed by atoms with van der Waals surface area (Å²) in [5.74, 6) is 1.28. The highest BCUT2D eigenvalue weighted by atomic mass is 35.5. The highest BCUT2D eigenvalue weighted by Crippen LogP contribution is 2.54. The highest BCUT2D eigenvalue weighted by Gasteiger charge is 2.59. The van der Waals surface area contributed by atoms with Gasteiger partial charge in [-0.25, -0.2) is 4.79 Å². The fraction of sp³-hybridized carbons (Fsp3) is 0.200. The van der Waals surface area contributed by atoms with Crippen LogP contribution in [0.5, 0.6) is 5.75 Å². The van der Waals surface area contributed by atoms with Crippen LogP contribution in [0.1, 0.15) is 11.1 Å². The van der Waals surface area contributed by atoms with E-state index in [2.05, 4.69) is 5.32 Å². The fourth-order valence-corrected chi connectivity index (χ4v) is 6.09. The number of urea groups is 1. The lowest BCUT2D eigenvalue weighted by molar-refractivity contribution is -0.123. The average molecular weight is 480 g/mol. The number of benzene rings is 3. The second-order valence-corrected chi connectivity index (χ2v) is 9.57. The fourth-order valence-electron chi connectivity index (χ4n) is 4.44. The number of hydrogen-bond donors (Lipinski definition) is 1. The second-order valence-electron chi connectivity index (χ2n) is 7.84. The van der Waals surface area contributed by atoms with Crippen molar-refractivity contribution in [3.63, 3.8) is 0 Å². The molecule has 2 heterocycles. The normalized spacial score (nSPS) is 19.2. The van der Waals surface area contributed by atoms with Crippen LogP contribution in [0.25, 0.3) is 0 Å². The maximum atomic E-state index is 14.0. The van der Waals surface area contributed by atoms with Crippen molar-refractivity contribution in [3.8, 4) is 5.75 Å². The number of nitrogens with zero attached hydrogens (tertiary/aromatic N) is 2. The largest absolute Gasteiger partial charge is 0.497 e. The molecule has 3 amide bonds. The minimum absolute atomic E-state index is 0.115. The number of carbonyl (C=O) groups is 2. The molecule has 1 atom stereocenters. The van der Waals surface area contributed by atoms with Crippen molar-refractivity contribution in [3.05, 3.63) is 88.9 Å². The van der Waals surface area contributed by atoms with Crippen molar-refractivity contribution in [1.82, 2.24) is 4.90 Å². The number of anilines is 2. The van der Waals surface area contributed by atoms with E-state index < -0.39 is 4.87 Å². The predicted octanol–water partition coefficient (Wildman–Crippen LogP) is 5.33. The number of rotatable bonds is 4. The summed E-state index contributed by atoms with van der Waals surface area (Å²) in [6, 6.07) is 22.0. The predicted molar refractivity (Wildman–Crippen MR) is 132 cm³/mol. The second kappa shape index (κ2) is 8.65. The first-order chi connectivity index (χ1) is 16.0. The lowest BCUT2D eigenvalue weighted by atomic mass is 10.1. The van der Waals surface area contributed by atoms with Crippen molar-refractivity contribution >= 4 is 46.7 Å². The van der Waals surface area contributed by atoms with E-state index in [0.29, 0.717) is 29.6 Å². The van der Waals surface area contributed by atoms with Crippen LogP contribution in [0.4, 0.5) is 16.2 Å². The van der Waals surface area contributed by atoms with Gasteiger partial charge in [0.2, 0.25) is 0 Å². The molecule has 0 radical (unpaired) electrons. The SMILES string of the molecule is COc1cccc(CN2C(=O)C3(SCCN3C(=O)Nc3cccc(Cl)c3)c3ccccc32)c1. The number of fused-ring (bicyclic) bond motifs is 2. The number of amides is 3. The van der Waals surface area contributed by atoms with Gasteiger partial charge in [-0.2, -0.15) is 0 Å². The maximum absolute atomic E-state index is 14.0. The third kappa shape index (κ3) is 3.71. The molecule has 1 unspecified atom stereocenters. The quantitative estimate of drug-likeness (QED) is 0.549. The molecule has 2 aliphatic heterocycles. The Hall–Kier alpha value is -3.16. The smallest absolute Gasteiger partial charge is 0.323 e. The summed E-state index contributed by atoms with van der Waals surface area (Å²) in [4.78, 5) is 29.7. The highest BCUT2D eigenvalue weighted by molar-refractivity contribution is 8.01. The molecule has 1 N–H and O–H groups in total. The summed E-state index contributed by atoms with van der Waals surface area (Å²) in [5.41, 5.74) is 3.20. The molecule has 3 aromatic rings. The molecule has 6 nitrogen and oxygen atoms in total. The van der Waals surface area contributed by atoms with Crippen LogP contribution in [0.3, 0.4) is 0 Å². The van der Waals surface area contributed by atoms with Crippen LogP contribution >= 0.6 is 23.4 Å². The molecule has 1 spiro atoms. The van der Waals surface area contributed by atoms with Gasteiger partial charge in [0.15, 0.2) is 4.87 Å². The van der Waals surface area contributed by atoms with Crippen LogP contribution in [-0.2, 0) is 16.2 Å². The molecule has 2 aliphatic rings. The van der Waals surface area contributed by atoms with E-state index in [1.165, 1.54) is 11.8 Å². The molecule has 5 rings (SSSR count). The number of carbonyl (C=O) groups excluding carboxylic acids is 2. The number of hydrogen-bond acceptors (Lipinski definition) is 4. The van der Waals surface area contributed by atoms with Crippen molar-refractivity contribution in [2.24, 2.45) is 0 Å². The van der Waals surface area contributed by atoms with Gasteiger partial charge >= 0.3 is 6.03 Å². The first-order valence-electron chi connectivity index (χ1n) is 10.6. The van der Waals surface area contributed by atoms with Gasteiger partial charge in [0.25, 0.3) is 5.91 Å². The van der Waals surface area contributed by atoms with E-state index in [9.17, 15) is 9.59 Å². The Morgan fingerprint density at radius 3 is 2.76 bits per heavy atom. The van der Waals surface area contributed by atoms with Gasteiger partial charge < -0.3 is 15.0 Å². The summed E-state index contributed by atoms with van der Waals surface area (Å²) in [5, 5.41) is 3.44. The van der Waals surface area contributed by atoms with Gasteiger partial charge in [-0.1, -0.05) is 48.0 Å². The van der Waals surface area contributed by atoms with E-state index in [0.717, 1.165) is 22.6 Å². The van der Waals surface area contributed by atoms with Crippen LogP contribution in [0, 0.1) is 0 Å². The zero-order valence-electron chi connectivity index (χ0n) is 18.0. The number of halogens is 1. The topological polar surface area (TPSA) is 61.9 Å². The molecule has 0 saturated carbocycles. The first-order valence-corrected chi connectivity index (χ1v) is 11.9. The summed E-state index contributed by atoms with van der Waals surface area (Å²) >= 11 is 7.58. The van der Waals surface area contributed by atoms with Crippen LogP contribution in [-0.4, -0.2) is 36.2 Å². The molecule has 3 aromatic carbocycles. The van der Waals surface area contributed by atoms with Crippen molar-refractivity contribution in [2.45, 2.75) is 11.4 Å². The molecular formula is C25H22ClN3O3S. The van der Waals surface area contributed by atoms with Crippen LogP contribution in [0.15, 0.2) is 72.8 Å². The van der Waals surface area contributed by atoms with Crippen LogP contribution < -0.4 is 15.0 Å². The van der Waals surface area contributed by atoms with E-state index in [1.54, 1.807) is 41.2 Å². The molecular weight excluding hydrogens is 458 g/mol. The van der Waals surface area contributed by atoms with Gasteiger partial charge in [-0.3, -0.25) is 9.69 Å². The summed E-state index contributed by atoms with van der Waals surface area (Å²) in [7, 11) is 1.62. The van der Waals surface area contributed by atoms with Gasteiger partial charge in [-0.05, 0) is 42.0 Å². The average Bonchev–Trinajstić information content (AvgIpc) is 3.37. The van der Waals surface area contributed by atoms with E-state index in [1.807, 2.05) is 48.5 Å². The van der Waals surface area contributed by atoms with Crippen molar-refractivity contribution in [1.29, 1.82) is 0 Å². The molecule has 33 heavy (non-hydrogen) atoms. The minimum Gasteiger partial charge on any atom is -0.497 e. The monoisotopic (exact) mass is 479 g/mol. The lowest BCUT2D eigenvalue weighted by Crippen LogP contribution is -2.51. The summed E-state index contributed by atoms with van der Waals surface area (Å²) < 4.78 is 5.34. The third-order valence-corrected chi connectivity index (χ3v) is 7.55. The Morgan fingerprint density at radius 2 is 1.94 bits per heavy atom. The summed E-state index contributed by atoms with van der Waals surface area (Å²) in [6.45, 7) is 0.850. The van der Waals surface area contributed by atoms with Crippen LogP contribution in [0.2, 0.25) is 5.02 Å². The van der Waals surface area contributed by atoms with Gasteiger partial charge in [0, 0.05) is 28.6 Å². The van der Waals surface area contributed by atoms with E-state index in [-0.39, 0.29) is 11.9 Å².